The summed E-state index contributed by atoms with van der Waals surface area (Å²) in [6.07, 6.45) is 2.51. The van der Waals surface area contributed by atoms with Crippen molar-refractivity contribution in [1.29, 1.82) is 0 Å². The van der Waals surface area contributed by atoms with Crippen LogP contribution in [0.1, 0.15) is 11.7 Å². The van der Waals surface area contributed by atoms with Crippen LogP contribution in [0.25, 0.3) is 0 Å². The minimum atomic E-state index is -0.952. The molecule has 1 fully saturated rings. The van der Waals surface area contributed by atoms with Crippen LogP contribution >= 0.6 is 0 Å². The maximum absolute atomic E-state index is 13.0. The van der Waals surface area contributed by atoms with Gasteiger partial charge in [-0.05, 0) is 5.56 Å². The lowest BCUT2D eigenvalue weighted by atomic mass is 9.90. The van der Waals surface area contributed by atoms with Gasteiger partial charge in [0.15, 0.2) is 11.5 Å². The molecule has 0 aromatic heterocycles. The summed E-state index contributed by atoms with van der Waals surface area (Å²) in [6, 6.07) is 11.1. The van der Waals surface area contributed by atoms with Crippen molar-refractivity contribution < 1.29 is 28.9 Å². The molecule has 2 aliphatic rings. The van der Waals surface area contributed by atoms with Crippen LogP contribution in [0.4, 0.5) is 5.69 Å². The number of aliphatic hydroxyl groups excluding tert-OH is 1. The molecule has 0 aliphatic carbocycles. The zero-order chi connectivity index (χ0) is 23.7. The average Bonchev–Trinajstić information content (AvgIpc) is 3.07. The van der Waals surface area contributed by atoms with Crippen molar-refractivity contribution >= 4 is 17.5 Å². The van der Waals surface area contributed by atoms with Crippen LogP contribution in [0.5, 0.6) is 17.2 Å². The summed E-state index contributed by atoms with van der Waals surface area (Å²) >= 11 is 0. The molecule has 2 aromatic carbocycles. The molecule has 2 aromatic rings. The number of hydrogen-bond acceptors (Lipinski definition) is 8. The van der Waals surface area contributed by atoms with Gasteiger partial charge < -0.3 is 24.7 Å². The van der Waals surface area contributed by atoms with E-state index in [0.29, 0.717) is 28.5 Å². The maximum atomic E-state index is 13.0. The molecule has 0 bridgehead atoms. The van der Waals surface area contributed by atoms with Crippen LogP contribution in [-0.2, 0) is 9.59 Å². The molecule has 174 valence electrons. The predicted octanol–water partition coefficient (Wildman–Crippen LogP) is 2.00. The third-order valence-corrected chi connectivity index (χ3v) is 6.06. The van der Waals surface area contributed by atoms with Crippen LogP contribution in [-0.4, -0.2) is 67.3 Å². The molecule has 4 rings (SSSR count). The Kier molecular flexibility index (Phi) is 6.26. The second kappa shape index (κ2) is 9.13. The number of hydrazine groups is 1. The maximum Gasteiger partial charge on any atom is 0.249 e. The van der Waals surface area contributed by atoms with E-state index in [4.69, 9.17) is 14.2 Å². The van der Waals surface area contributed by atoms with Gasteiger partial charge in [0.05, 0.1) is 45.1 Å². The van der Waals surface area contributed by atoms with Crippen molar-refractivity contribution in [3.8, 4) is 17.2 Å². The third kappa shape index (κ3) is 3.90. The smallest absolute Gasteiger partial charge is 0.249 e. The highest BCUT2D eigenvalue weighted by Gasteiger charge is 2.52. The number of rotatable bonds is 7. The summed E-state index contributed by atoms with van der Waals surface area (Å²) in [4.78, 5) is 26.8. The highest BCUT2D eigenvalue weighted by atomic mass is 16.5. The van der Waals surface area contributed by atoms with Crippen molar-refractivity contribution in [3.63, 3.8) is 0 Å². The molecule has 0 saturated carbocycles. The highest BCUT2D eigenvalue weighted by molar-refractivity contribution is 6.08. The van der Waals surface area contributed by atoms with Crippen LogP contribution in [0.3, 0.4) is 0 Å². The van der Waals surface area contributed by atoms with Gasteiger partial charge in [-0.25, -0.2) is 5.01 Å². The van der Waals surface area contributed by atoms with E-state index >= 15 is 0 Å². The number of benzene rings is 2. The lowest BCUT2D eigenvalue weighted by molar-refractivity contribution is -0.138. The number of anilines is 1. The van der Waals surface area contributed by atoms with Crippen molar-refractivity contribution in [1.82, 2.24) is 9.91 Å². The number of fused-ring (bicyclic) bond motifs is 1. The Morgan fingerprint density at radius 3 is 2.15 bits per heavy atom. The Morgan fingerprint density at radius 1 is 0.939 bits per heavy atom. The van der Waals surface area contributed by atoms with Gasteiger partial charge in [-0.1, -0.05) is 42.5 Å². The molecule has 2 amide bonds. The molecule has 1 saturated heterocycles. The Morgan fingerprint density at radius 2 is 1.58 bits per heavy atom. The number of carbonyl (C=O) groups excluding carboxylic acids is 2. The Labute approximate surface area is 192 Å². The predicted molar refractivity (Wildman–Crippen MR) is 121 cm³/mol. The van der Waals surface area contributed by atoms with Crippen LogP contribution in [0, 0.1) is 5.92 Å². The van der Waals surface area contributed by atoms with Crippen molar-refractivity contribution in [3.05, 3.63) is 60.2 Å². The molecular weight excluding hydrogens is 426 g/mol. The van der Waals surface area contributed by atoms with Crippen LogP contribution in [0.15, 0.2) is 54.6 Å². The fourth-order valence-electron chi connectivity index (χ4n) is 4.35. The lowest BCUT2D eigenvalue weighted by Gasteiger charge is -2.40. The van der Waals surface area contributed by atoms with E-state index < -0.39 is 24.1 Å². The number of amides is 2. The summed E-state index contributed by atoms with van der Waals surface area (Å²) in [7, 11) is 6.00. The number of ether oxygens (including phenoxy) is 3. The van der Waals surface area contributed by atoms with Gasteiger partial charge in [0.25, 0.3) is 0 Å². The van der Waals surface area contributed by atoms with Gasteiger partial charge in [0.1, 0.15) is 6.04 Å². The average molecular weight is 453 g/mol. The third-order valence-electron chi connectivity index (χ3n) is 6.06. The number of imide groups is 1. The Hall–Kier alpha value is -3.56. The quantitative estimate of drug-likeness (QED) is 0.485. The van der Waals surface area contributed by atoms with Gasteiger partial charge in [0, 0.05) is 19.2 Å². The van der Waals surface area contributed by atoms with E-state index in [2.05, 4.69) is 5.43 Å². The standard InChI is InChI=1S/C24H27N3O6/c1-26-23(29)16-10-11-17(21(28)14-8-6-5-7-9-14)27(20(16)24(26)30)25-15-12-18(31-2)22(33-4)19(13-15)32-3/h5-13,16-17,20-21,25,28H,1-4H3. The van der Waals surface area contributed by atoms with E-state index in [0.717, 1.165) is 4.90 Å². The summed E-state index contributed by atoms with van der Waals surface area (Å²) in [5, 5.41) is 12.8. The first-order chi connectivity index (χ1) is 15.9. The fraction of sp³-hybridized carbons (Fsp3) is 0.333. The van der Waals surface area contributed by atoms with Crippen molar-refractivity contribution in [2.75, 3.05) is 33.8 Å². The van der Waals surface area contributed by atoms with E-state index in [1.54, 1.807) is 29.3 Å². The molecule has 4 unspecified atom stereocenters. The monoisotopic (exact) mass is 453 g/mol. The number of nitrogens with zero attached hydrogens (tertiary/aromatic N) is 2. The summed E-state index contributed by atoms with van der Waals surface area (Å²) in [5.41, 5.74) is 4.46. The van der Waals surface area contributed by atoms with E-state index in [1.165, 1.54) is 28.4 Å². The Bertz CT molecular complexity index is 1050. The zero-order valence-electron chi connectivity index (χ0n) is 18.9. The highest BCUT2D eigenvalue weighted by Crippen LogP contribution is 2.41. The second-order valence-corrected chi connectivity index (χ2v) is 7.87. The number of hydrogen-bond donors (Lipinski definition) is 2. The number of methoxy groups -OCH3 is 3. The molecule has 9 heteroatoms. The van der Waals surface area contributed by atoms with E-state index in [9.17, 15) is 14.7 Å². The van der Waals surface area contributed by atoms with Gasteiger partial charge in [-0.15, -0.1) is 0 Å². The first-order valence-electron chi connectivity index (χ1n) is 10.5. The first kappa shape index (κ1) is 22.6. The zero-order valence-corrected chi connectivity index (χ0v) is 18.9. The van der Waals surface area contributed by atoms with E-state index in [1.807, 2.05) is 30.3 Å². The van der Waals surface area contributed by atoms with E-state index in [-0.39, 0.29) is 11.8 Å². The molecule has 4 atom stereocenters. The number of nitrogens with one attached hydrogen (secondary N) is 1. The molecule has 2 aliphatic heterocycles. The number of carbonyl (C=O) groups is 2. The van der Waals surface area contributed by atoms with Gasteiger partial charge in [-0.3, -0.25) is 14.5 Å². The van der Waals surface area contributed by atoms with Gasteiger partial charge in [-0.2, -0.15) is 0 Å². The van der Waals surface area contributed by atoms with Gasteiger partial charge >= 0.3 is 0 Å². The summed E-state index contributed by atoms with van der Waals surface area (Å²) in [6.45, 7) is 0. The fourth-order valence-corrected chi connectivity index (χ4v) is 4.35. The lowest BCUT2D eigenvalue weighted by Crippen LogP contribution is -2.55. The number of aliphatic hydroxyl groups is 1. The largest absolute Gasteiger partial charge is 0.493 e. The molecule has 0 spiro atoms. The first-order valence-corrected chi connectivity index (χ1v) is 10.5. The molecule has 9 nitrogen and oxygen atoms in total. The molecular formula is C24H27N3O6. The SMILES string of the molecule is COc1cc(NN2C(C(O)c3ccccc3)C=CC3C(=O)N(C)C(=O)C32)cc(OC)c1OC. The Balaban J connectivity index is 1.77. The normalized spacial score (nSPS) is 23.3. The number of likely N-dealkylation sites (tertiary alicyclic amines) is 1. The van der Waals surface area contributed by atoms with Crippen molar-refractivity contribution in [2.24, 2.45) is 5.92 Å². The van der Waals surface area contributed by atoms with Crippen LogP contribution < -0.4 is 19.6 Å². The minimum Gasteiger partial charge on any atom is -0.493 e. The van der Waals surface area contributed by atoms with Crippen LogP contribution in [0.2, 0.25) is 0 Å². The topological polar surface area (TPSA) is 101 Å². The summed E-state index contributed by atoms with van der Waals surface area (Å²) < 4.78 is 16.3. The molecule has 0 radical (unpaired) electrons. The second-order valence-electron chi connectivity index (χ2n) is 7.87. The van der Waals surface area contributed by atoms with Crippen molar-refractivity contribution in [2.45, 2.75) is 18.2 Å². The minimum absolute atomic E-state index is 0.286. The molecule has 2 N–H and O–H groups in total. The molecule has 2 heterocycles. The molecule has 33 heavy (non-hydrogen) atoms. The summed E-state index contributed by atoms with van der Waals surface area (Å²) in [5.74, 6) is -0.0137. The van der Waals surface area contributed by atoms with Gasteiger partial charge in [0.2, 0.25) is 17.6 Å². The number of likely N-dealkylation sites (N-methyl/N-ethyl adjacent to an activating group) is 1.